The lowest BCUT2D eigenvalue weighted by molar-refractivity contribution is -0.142. The van der Waals surface area contributed by atoms with Crippen LogP contribution in [0.4, 0.5) is 0 Å². The van der Waals surface area contributed by atoms with Crippen molar-refractivity contribution in [2.75, 3.05) is 0 Å². The van der Waals surface area contributed by atoms with Crippen LogP contribution in [0.5, 0.6) is 0 Å². The Hall–Kier alpha value is -0.570. The van der Waals surface area contributed by atoms with Crippen LogP contribution in [0.3, 0.4) is 0 Å². The summed E-state index contributed by atoms with van der Waals surface area (Å²) in [5.74, 6) is -0.888. The molecule has 0 fully saturated rings. The lowest BCUT2D eigenvalue weighted by Crippen LogP contribution is -2.44. The first-order chi connectivity index (χ1) is 10.0. The maximum Gasteiger partial charge on any atom is 0.323 e. The fourth-order valence-electron chi connectivity index (χ4n) is 2.62. The van der Waals surface area contributed by atoms with Gasteiger partial charge in [-0.15, -0.1) is 0 Å². The van der Waals surface area contributed by atoms with Gasteiger partial charge in [-0.3, -0.25) is 4.79 Å². The molecule has 0 aromatic heterocycles. The van der Waals surface area contributed by atoms with Crippen LogP contribution in [-0.2, 0) is 4.79 Å². The van der Waals surface area contributed by atoms with Crippen LogP contribution >= 0.6 is 0 Å². The van der Waals surface area contributed by atoms with Gasteiger partial charge in [-0.1, -0.05) is 90.4 Å². The summed E-state index contributed by atoms with van der Waals surface area (Å²) in [4.78, 5) is 10.8. The summed E-state index contributed by atoms with van der Waals surface area (Å²) in [5.41, 5.74) is 4.66. The third kappa shape index (κ3) is 12.9. The third-order valence-corrected chi connectivity index (χ3v) is 4.29. The summed E-state index contributed by atoms with van der Waals surface area (Å²) in [6.07, 6.45) is 17.5. The number of aliphatic carboxylic acids is 1. The number of hydrogen-bond acceptors (Lipinski definition) is 2. The highest BCUT2D eigenvalue weighted by molar-refractivity contribution is 5.77. The standard InChI is InChI=1S/C18H37NO2/c1-3-4-5-6-7-8-9-10-11-12-13-14-15-16-18(2,19)17(20)21/h3-16,19H2,1-2H3,(H,20,21). The summed E-state index contributed by atoms with van der Waals surface area (Å²) in [6.45, 7) is 3.87. The molecule has 0 aromatic carbocycles. The van der Waals surface area contributed by atoms with Crippen molar-refractivity contribution in [2.45, 2.75) is 109 Å². The van der Waals surface area contributed by atoms with Gasteiger partial charge in [0.15, 0.2) is 0 Å². The molecular formula is C18H37NO2. The van der Waals surface area contributed by atoms with Crippen molar-refractivity contribution in [3.05, 3.63) is 0 Å². The van der Waals surface area contributed by atoms with Gasteiger partial charge >= 0.3 is 5.97 Å². The quantitative estimate of drug-likeness (QED) is 0.405. The molecule has 0 rings (SSSR count). The fourth-order valence-corrected chi connectivity index (χ4v) is 2.62. The van der Waals surface area contributed by atoms with Gasteiger partial charge in [0.25, 0.3) is 0 Å². The highest BCUT2D eigenvalue weighted by Gasteiger charge is 2.26. The monoisotopic (exact) mass is 299 g/mol. The van der Waals surface area contributed by atoms with Crippen molar-refractivity contribution in [3.8, 4) is 0 Å². The number of carboxylic acids is 1. The minimum Gasteiger partial charge on any atom is -0.480 e. The molecule has 1 unspecified atom stereocenters. The SMILES string of the molecule is CCCCCCCCCCCCCCCC(C)(N)C(=O)O. The number of rotatable bonds is 15. The first-order valence-electron chi connectivity index (χ1n) is 9.03. The minimum absolute atomic E-state index is 0.583. The number of carbonyl (C=O) groups is 1. The Morgan fingerprint density at radius 1 is 0.810 bits per heavy atom. The Morgan fingerprint density at radius 3 is 1.48 bits per heavy atom. The first-order valence-corrected chi connectivity index (χ1v) is 9.03. The molecule has 0 radical (unpaired) electrons. The molecule has 3 nitrogen and oxygen atoms in total. The smallest absolute Gasteiger partial charge is 0.323 e. The van der Waals surface area contributed by atoms with Crippen molar-refractivity contribution in [1.29, 1.82) is 0 Å². The van der Waals surface area contributed by atoms with Crippen molar-refractivity contribution in [2.24, 2.45) is 5.73 Å². The van der Waals surface area contributed by atoms with E-state index in [0.717, 1.165) is 12.8 Å². The molecule has 0 bridgehead atoms. The van der Waals surface area contributed by atoms with Gasteiger partial charge in [0, 0.05) is 0 Å². The summed E-state index contributed by atoms with van der Waals surface area (Å²) in [7, 11) is 0. The van der Waals surface area contributed by atoms with Gasteiger partial charge in [0.2, 0.25) is 0 Å². The van der Waals surface area contributed by atoms with Gasteiger partial charge in [0.05, 0.1) is 0 Å². The van der Waals surface area contributed by atoms with Gasteiger partial charge in [-0.2, -0.15) is 0 Å². The molecule has 0 amide bonds. The van der Waals surface area contributed by atoms with Crippen LogP contribution in [-0.4, -0.2) is 16.6 Å². The van der Waals surface area contributed by atoms with E-state index in [2.05, 4.69) is 6.92 Å². The van der Waals surface area contributed by atoms with E-state index in [9.17, 15) is 4.79 Å². The number of unbranched alkanes of at least 4 members (excludes halogenated alkanes) is 12. The molecule has 0 saturated heterocycles. The van der Waals surface area contributed by atoms with E-state index in [1.807, 2.05) is 0 Å². The fraction of sp³-hybridized carbons (Fsp3) is 0.944. The van der Waals surface area contributed by atoms with E-state index in [1.54, 1.807) is 6.92 Å². The van der Waals surface area contributed by atoms with E-state index in [-0.39, 0.29) is 0 Å². The first kappa shape index (κ1) is 20.4. The van der Waals surface area contributed by atoms with Crippen molar-refractivity contribution in [1.82, 2.24) is 0 Å². The summed E-state index contributed by atoms with van der Waals surface area (Å²) in [6, 6.07) is 0. The average molecular weight is 299 g/mol. The molecule has 126 valence electrons. The number of hydrogen-bond donors (Lipinski definition) is 2. The van der Waals surface area contributed by atoms with Crippen LogP contribution in [0.25, 0.3) is 0 Å². The van der Waals surface area contributed by atoms with Gasteiger partial charge in [-0.05, 0) is 13.3 Å². The van der Waals surface area contributed by atoms with Crippen LogP contribution in [0.15, 0.2) is 0 Å². The predicted octanol–water partition coefficient (Wildman–Crippen LogP) is 5.27. The lowest BCUT2D eigenvalue weighted by atomic mass is 9.95. The second kappa shape index (κ2) is 13.1. The molecule has 21 heavy (non-hydrogen) atoms. The zero-order chi connectivity index (χ0) is 16.0. The molecule has 0 saturated carbocycles. The molecule has 1 atom stereocenters. The number of nitrogens with two attached hydrogens (primary N) is 1. The maximum atomic E-state index is 10.8. The van der Waals surface area contributed by atoms with Crippen LogP contribution in [0, 0.1) is 0 Å². The van der Waals surface area contributed by atoms with E-state index in [4.69, 9.17) is 10.8 Å². The normalized spacial score (nSPS) is 14.0. The van der Waals surface area contributed by atoms with Crippen LogP contribution < -0.4 is 5.73 Å². The molecule has 0 aliphatic carbocycles. The summed E-state index contributed by atoms with van der Waals surface area (Å²) >= 11 is 0. The van der Waals surface area contributed by atoms with Crippen molar-refractivity contribution < 1.29 is 9.90 Å². The van der Waals surface area contributed by atoms with E-state index >= 15 is 0 Å². The second-order valence-electron chi connectivity index (χ2n) is 6.72. The average Bonchev–Trinajstić information content (AvgIpc) is 2.43. The molecule has 0 aliphatic heterocycles. The predicted molar refractivity (Wildman–Crippen MR) is 90.5 cm³/mol. The van der Waals surface area contributed by atoms with Crippen molar-refractivity contribution in [3.63, 3.8) is 0 Å². The lowest BCUT2D eigenvalue weighted by Gasteiger charge is -2.18. The second-order valence-corrected chi connectivity index (χ2v) is 6.72. The third-order valence-electron chi connectivity index (χ3n) is 4.29. The van der Waals surface area contributed by atoms with Gasteiger partial charge in [-0.25, -0.2) is 0 Å². The summed E-state index contributed by atoms with van der Waals surface area (Å²) < 4.78 is 0. The van der Waals surface area contributed by atoms with Gasteiger partial charge in [0.1, 0.15) is 5.54 Å². The van der Waals surface area contributed by atoms with Crippen LogP contribution in [0.1, 0.15) is 104 Å². The highest BCUT2D eigenvalue weighted by Crippen LogP contribution is 2.15. The molecule has 0 aliphatic rings. The Balaban J connectivity index is 3.18. The van der Waals surface area contributed by atoms with Gasteiger partial charge < -0.3 is 10.8 Å². The topological polar surface area (TPSA) is 63.3 Å². The van der Waals surface area contributed by atoms with E-state index < -0.39 is 11.5 Å². The molecule has 0 aromatic rings. The molecule has 3 N–H and O–H groups in total. The Kier molecular flexibility index (Phi) is 12.8. The largest absolute Gasteiger partial charge is 0.480 e. The zero-order valence-electron chi connectivity index (χ0n) is 14.3. The molecular weight excluding hydrogens is 262 g/mol. The molecule has 0 heterocycles. The maximum absolute atomic E-state index is 10.8. The Morgan fingerprint density at radius 2 is 1.14 bits per heavy atom. The highest BCUT2D eigenvalue weighted by atomic mass is 16.4. The Bertz CT molecular complexity index is 252. The van der Waals surface area contributed by atoms with E-state index in [0.29, 0.717) is 6.42 Å². The van der Waals surface area contributed by atoms with Crippen molar-refractivity contribution >= 4 is 5.97 Å². The minimum atomic E-state index is -1.04. The zero-order valence-corrected chi connectivity index (χ0v) is 14.3. The summed E-state index contributed by atoms with van der Waals surface area (Å²) in [5, 5.41) is 8.91. The molecule has 3 heteroatoms. The Labute approximate surface area is 131 Å². The van der Waals surface area contributed by atoms with E-state index in [1.165, 1.54) is 70.6 Å². The molecule has 0 spiro atoms. The number of carboxylic acid groups (broad SMARTS) is 1. The van der Waals surface area contributed by atoms with Crippen LogP contribution in [0.2, 0.25) is 0 Å².